The summed E-state index contributed by atoms with van der Waals surface area (Å²) in [5, 5.41) is 7.96. The quantitative estimate of drug-likeness (QED) is 0.365. The number of nitrogens with one attached hydrogen (secondary N) is 2. The summed E-state index contributed by atoms with van der Waals surface area (Å²) >= 11 is 1.78. The number of furan rings is 1. The summed E-state index contributed by atoms with van der Waals surface area (Å²) in [5.41, 5.74) is 3.65. The summed E-state index contributed by atoms with van der Waals surface area (Å²) in [5.74, 6) is 1.81. The Bertz CT molecular complexity index is 945. The highest BCUT2D eigenvalue weighted by atomic mass is 32.1. The fraction of sp³-hybridized carbons (Fsp3) is 0.417. The average Bonchev–Trinajstić information content (AvgIpc) is 3.36. The van der Waals surface area contributed by atoms with Crippen LogP contribution in [-0.4, -0.2) is 36.0 Å². The minimum absolute atomic E-state index is 0.634. The third kappa shape index (κ3) is 7.22. The Kier molecular flexibility index (Phi) is 8.67. The molecule has 2 N–H and O–H groups in total. The summed E-state index contributed by atoms with van der Waals surface area (Å²) in [4.78, 5) is 13.0. The van der Waals surface area contributed by atoms with Crippen molar-refractivity contribution in [2.75, 3.05) is 20.1 Å². The maximum atomic E-state index is 5.47. The third-order valence-corrected chi connectivity index (χ3v) is 6.15. The van der Waals surface area contributed by atoms with Crippen molar-refractivity contribution in [3.05, 3.63) is 75.1 Å². The number of hydrogen-bond acceptors (Lipinski definition) is 5. The van der Waals surface area contributed by atoms with Gasteiger partial charge in [0.25, 0.3) is 0 Å². The van der Waals surface area contributed by atoms with Gasteiger partial charge in [-0.05, 0) is 51.1 Å². The monoisotopic (exact) mass is 439 g/mol. The summed E-state index contributed by atoms with van der Waals surface area (Å²) in [7, 11) is 2.11. The molecule has 0 unspecified atom stereocenters. The summed E-state index contributed by atoms with van der Waals surface area (Å²) in [6.45, 7) is 10.2. The lowest BCUT2D eigenvalue weighted by molar-refractivity contribution is 0.287. The highest BCUT2D eigenvalue weighted by molar-refractivity contribution is 7.11. The van der Waals surface area contributed by atoms with Crippen LogP contribution in [0, 0.1) is 13.8 Å². The molecule has 0 saturated heterocycles. The van der Waals surface area contributed by atoms with Crippen LogP contribution in [0.2, 0.25) is 0 Å². The van der Waals surface area contributed by atoms with Gasteiger partial charge in [-0.3, -0.25) is 4.90 Å². The molecule has 0 aliphatic carbocycles. The van der Waals surface area contributed by atoms with Gasteiger partial charge in [-0.15, -0.1) is 11.3 Å². The molecule has 2 heterocycles. The van der Waals surface area contributed by atoms with Gasteiger partial charge in [0.15, 0.2) is 5.96 Å². The van der Waals surface area contributed by atoms with Crippen molar-refractivity contribution in [1.82, 2.24) is 20.5 Å². The van der Waals surface area contributed by atoms with E-state index in [1.807, 2.05) is 12.1 Å². The van der Waals surface area contributed by atoms with E-state index in [0.717, 1.165) is 50.0 Å². The highest BCUT2D eigenvalue weighted by Crippen LogP contribution is 2.17. The maximum absolute atomic E-state index is 5.47. The molecule has 3 aromatic rings. The number of rotatable bonds is 10. The molecular formula is C24H33N5OS. The summed E-state index contributed by atoms with van der Waals surface area (Å²) in [6.07, 6.45) is 2.62. The van der Waals surface area contributed by atoms with Gasteiger partial charge in [0.2, 0.25) is 0 Å². The van der Waals surface area contributed by atoms with Crippen LogP contribution >= 0.6 is 11.3 Å². The lowest BCUT2D eigenvalue weighted by atomic mass is 10.1. The van der Waals surface area contributed by atoms with Gasteiger partial charge in [0.05, 0.1) is 30.1 Å². The van der Waals surface area contributed by atoms with E-state index >= 15 is 0 Å². The number of nitrogens with zero attached hydrogens (tertiary/aromatic N) is 3. The van der Waals surface area contributed by atoms with E-state index in [4.69, 9.17) is 9.41 Å². The van der Waals surface area contributed by atoms with Crippen molar-refractivity contribution < 1.29 is 4.42 Å². The van der Waals surface area contributed by atoms with Crippen molar-refractivity contribution in [3.8, 4) is 0 Å². The van der Waals surface area contributed by atoms with Crippen molar-refractivity contribution in [2.24, 2.45) is 4.99 Å². The molecule has 0 atom stereocenters. The normalized spacial score (nSPS) is 11.8. The fourth-order valence-electron chi connectivity index (χ4n) is 3.32. The van der Waals surface area contributed by atoms with Crippen LogP contribution in [0.25, 0.3) is 0 Å². The van der Waals surface area contributed by atoms with E-state index in [9.17, 15) is 0 Å². The van der Waals surface area contributed by atoms with Crippen LogP contribution in [-0.2, 0) is 26.1 Å². The van der Waals surface area contributed by atoms with E-state index in [1.165, 1.54) is 21.0 Å². The zero-order valence-corrected chi connectivity index (χ0v) is 19.8. The minimum Gasteiger partial charge on any atom is -0.468 e. The molecule has 0 aliphatic heterocycles. The number of guanidine groups is 1. The second-order valence-electron chi connectivity index (χ2n) is 7.64. The molecule has 6 nitrogen and oxygen atoms in total. The van der Waals surface area contributed by atoms with Gasteiger partial charge in [-0.1, -0.05) is 24.3 Å². The van der Waals surface area contributed by atoms with Gasteiger partial charge < -0.3 is 15.1 Å². The lowest BCUT2D eigenvalue weighted by Crippen LogP contribution is -2.38. The van der Waals surface area contributed by atoms with Crippen molar-refractivity contribution in [1.29, 1.82) is 0 Å². The summed E-state index contributed by atoms with van der Waals surface area (Å²) in [6, 6.07) is 12.4. The SMILES string of the molecule is CCNC(=NCc1ccccc1CN(C)Cc1ccco1)NCCc1nc(C)c(C)s1. The number of aromatic nitrogens is 1. The van der Waals surface area contributed by atoms with Crippen LogP contribution in [0.1, 0.15) is 39.4 Å². The molecule has 1 aromatic carbocycles. The summed E-state index contributed by atoms with van der Waals surface area (Å²) < 4.78 is 5.47. The Morgan fingerprint density at radius 2 is 1.90 bits per heavy atom. The number of benzene rings is 1. The van der Waals surface area contributed by atoms with E-state index in [2.05, 4.69) is 72.6 Å². The Morgan fingerprint density at radius 3 is 2.58 bits per heavy atom. The van der Waals surface area contributed by atoms with E-state index < -0.39 is 0 Å². The zero-order valence-electron chi connectivity index (χ0n) is 18.9. The van der Waals surface area contributed by atoms with Crippen LogP contribution in [0.4, 0.5) is 0 Å². The number of aryl methyl sites for hydroxylation is 2. The molecule has 31 heavy (non-hydrogen) atoms. The Morgan fingerprint density at radius 1 is 1.10 bits per heavy atom. The molecule has 166 valence electrons. The highest BCUT2D eigenvalue weighted by Gasteiger charge is 2.08. The first kappa shape index (κ1) is 23.0. The standard InChI is InChI=1S/C24H33N5OS/c1-5-25-24(26-13-12-23-28-18(2)19(3)31-23)27-15-20-9-6-7-10-21(20)16-29(4)17-22-11-8-14-30-22/h6-11,14H,5,12-13,15-17H2,1-4H3,(H2,25,26,27). The van der Waals surface area contributed by atoms with Crippen LogP contribution in [0.5, 0.6) is 0 Å². The molecule has 2 aromatic heterocycles. The predicted octanol–water partition coefficient (Wildman–Crippen LogP) is 4.28. The predicted molar refractivity (Wildman–Crippen MR) is 128 cm³/mol. The molecule has 0 spiro atoms. The Labute approximate surface area is 189 Å². The molecule has 0 aliphatic rings. The topological polar surface area (TPSA) is 65.7 Å². The largest absolute Gasteiger partial charge is 0.468 e. The van der Waals surface area contributed by atoms with Crippen LogP contribution in [0.3, 0.4) is 0 Å². The molecule has 7 heteroatoms. The zero-order chi connectivity index (χ0) is 22.1. The van der Waals surface area contributed by atoms with Gasteiger partial charge in [-0.2, -0.15) is 0 Å². The molecule has 0 bridgehead atoms. The second-order valence-corrected chi connectivity index (χ2v) is 8.93. The lowest BCUT2D eigenvalue weighted by Gasteiger charge is -2.17. The van der Waals surface area contributed by atoms with Crippen molar-refractivity contribution >= 4 is 17.3 Å². The first-order valence-electron chi connectivity index (χ1n) is 10.8. The molecule has 0 fully saturated rings. The van der Waals surface area contributed by atoms with Gasteiger partial charge in [0, 0.05) is 30.9 Å². The Balaban J connectivity index is 1.58. The molecule has 0 radical (unpaired) electrons. The first-order chi connectivity index (χ1) is 15.0. The minimum atomic E-state index is 0.634. The van der Waals surface area contributed by atoms with Gasteiger partial charge in [-0.25, -0.2) is 9.98 Å². The van der Waals surface area contributed by atoms with E-state index in [-0.39, 0.29) is 0 Å². The number of thiazole rings is 1. The average molecular weight is 440 g/mol. The molecule has 0 amide bonds. The Hall–Kier alpha value is -2.64. The maximum Gasteiger partial charge on any atom is 0.191 e. The fourth-order valence-corrected chi connectivity index (χ4v) is 4.25. The first-order valence-corrected chi connectivity index (χ1v) is 11.6. The molecular weight excluding hydrogens is 406 g/mol. The van der Waals surface area contributed by atoms with E-state index in [0.29, 0.717) is 6.54 Å². The van der Waals surface area contributed by atoms with E-state index in [1.54, 1.807) is 17.6 Å². The third-order valence-electron chi connectivity index (χ3n) is 5.02. The molecule has 0 saturated carbocycles. The number of hydrogen-bond donors (Lipinski definition) is 2. The molecule has 3 rings (SSSR count). The van der Waals surface area contributed by atoms with Crippen molar-refractivity contribution in [2.45, 2.75) is 46.8 Å². The van der Waals surface area contributed by atoms with Gasteiger partial charge >= 0.3 is 0 Å². The van der Waals surface area contributed by atoms with Crippen molar-refractivity contribution in [3.63, 3.8) is 0 Å². The van der Waals surface area contributed by atoms with Gasteiger partial charge in [0.1, 0.15) is 5.76 Å². The van der Waals surface area contributed by atoms with Crippen LogP contribution in [0.15, 0.2) is 52.1 Å². The number of aliphatic imine (C=N–C) groups is 1. The smallest absolute Gasteiger partial charge is 0.191 e. The van der Waals surface area contributed by atoms with Crippen LogP contribution < -0.4 is 10.6 Å². The second kappa shape index (κ2) is 11.7.